The molecule has 0 unspecified atom stereocenters. The third-order valence-corrected chi connectivity index (χ3v) is 5.78. The first-order valence-electron chi connectivity index (χ1n) is 9.27. The topological polar surface area (TPSA) is 58.9 Å². The van der Waals surface area contributed by atoms with Crippen molar-refractivity contribution < 1.29 is 9.53 Å². The van der Waals surface area contributed by atoms with Gasteiger partial charge in [-0.3, -0.25) is 9.69 Å². The van der Waals surface area contributed by atoms with E-state index in [4.69, 9.17) is 4.74 Å². The van der Waals surface area contributed by atoms with Gasteiger partial charge in [0.25, 0.3) is 5.91 Å². The van der Waals surface area contributed by atoms with Gasteiger partial charge in [0.1, 0.15) is 11.3 Å². The van der Waals surface area contributed by atoms with E-state index in [2.05, 4.69) is 15.2 Å². The summed E-state index contributed by atoms with van der Waals surface area (Å²) < 4.78 is 7.93. The van der Waals surface area contributed by atoms with Crippen LogP contribution in [0.25, 0.3) is 5.65 Å². The van der Waals surface area contributed by atoms with Crippen LogP contribution in [0.5, 0.6) is 0 Å². The third-order valence-electron chi connectivity index (χ3n) is 5.78. The van der Waals surface area contributed by atoms with Crippen molar-refractivity contribution in [3.05, 3.63) is 35.8 Å². The van der Waals surface area contributed by atoms with Crippen LogP contribution in [0, 0.1) is 12.8 Å². The van der Waals surface area contributed by atoms with Crippen molar-refractivity contribution in [2.24, 2.45) is 5.92 Å². The van der Waals surface area contributed by atoms with Gasteiger partial charge in [-0.1, -0.05) is 0 Å². The summed E-state index contributed by atoms with van der Waals surface area (Å²) in [6.45, 7) is 4.78. The van der Waals surface area contributed by atoms with Crippen LogP contribution in [0.2, 0.25) is 0 Å². The lowest BCUT2D eigenvalue weighted by Gasteiger charge is -2.35. The second-order valence-corrected chi connectivity index (χ2v) is 7.82. The van der Waals surface area contributed by atoms with Crippen molar-refractivity contribution in [1.82, 2.24) is 19.6 Å². The van der Waals surface area contributed by atoms with E-state index in [1.54, 1.807) is 6.20 Å². The molecule has 4 heterocycles. The summed E-state index contributed by atoms with van der Waals surface area (Å²) in [5.74, 6) is 0.696. The number of nitrogens with one attached hydrogen (secondary N) is 1. The Morgan fingerprint density at radius 3 is 3.08 bits per heavy atom. The van der Waals surface area contributed by atoms with E-state index < -0.39 is 0 Å². The number of hydrogen-bond donors (Lipinski definition) is 1. The monoisotopic (exact) mass is 340 g/mol. The van der Waals surface area contributed by atoms with Gasteiger partial charge in [0, 0.05) is 37.6 Å². The maximum Gasteiger partial charge on any atom is 0.271 e. The summed E-state index contributed by atoms with van der Waals surface area (Å²) in [4.78, 5) is 19.6. The Morgan fingerprint density at radius 1 is 1.36 bits per heavy atom. The van der Waals surface area contributed by atoms with Gasteiger partial charge in [0.15, 0.2) is 0 Å². The average molecular weight is 340 g/mol. The number of carbonyl (C=O) groups excluding carboxylic acids is 1. The zero-order valence-electron chi connectivity index (χ0n) is 14.5. The van der Waals surface area contributed by atoms with E-state index in [0.717, 1.165) is 43.2 Å². The molecule has 25 heavy (non-hydrogen) atoms. The highest BCUT2D eigenvalue weighted by Crippen LogP contribution is 2.37. The Hall–Kier alpha value is -1.92. The summed E-state index contributed by atoms with van der Waals surface area (Å²) in [6, 6.07) is 4.64. The maximum atomic E-state index is 12.6. The fourth-order valence-corrected chi connectivity index (χ4v) is 4.21. The van der Waals surface area contributed by atoms with E-state index in [0.29, 0.717) is 17.8 Å². The number of nitrogens with zero attached hydrogens (tertiary/aromatic N) is 3. The summed E-state index contributed by atoms with van der Waals surface area (Å²) >= 11 is 0. The van der Waals surface area contributed by atoms with Gasteiger partial charge in [0.2, 0.25) is 0 Å². The summed E-state index contributed by atoms with van der Waals surface area (Å²) in [5.41, 5.74) is 2.44. The van der Waals surface area contributed by atoms with Crippen LogP contribution in [0.15, 0.2) is 24.5 Å². The van der Waals surface area contributed by atoms with Crippen molar-refractivity contribution in [3.63, 3.8) is 0 Å². The normalized spacial score (nSPS) is 29.7. The standard InChI is InChI=1S/C19H24N4O2/c1-12-4-5-22-9-16(21-18(22)6-12)19(24)20-14-7-15-11-25-17(13-2-3-13)10-23(15)8-14/h4-6,9,13-15,17H,2-3,7-8,10-11H2,1H3,(H,20,24)/t14-,15+,17-/m1/s1. The number of pyridine rings is 1. The van der Waals surface area contributed by atoms with Crippen molar-refractivity contribution in [1.29, 1.82) is 0 Å². The molecule has 0 bridgehead atoms. The van der Waals surface area contributed by atoms with Crippen LogP contribution >= 0.6 is 0 Å². The first-order valence-corrected chi connectivity index (χ1v) is 9.27. The predicted molar refractivity (Wildman–Crippen MR) is 93.6 cm³/mol. The zero-order chi connectivity index (χ0) is 17.0. The Bertz CT molecular complexity index is 813. The molecule has 6 nitrogen and oxygen atoms in total. The van der Waals surface area contributed by atoms with Crippen LogP contribution < -0.4 is 5.32 Å². The Balaban J connectivity index is 1.25. The van der Waals surface area contributed by atoms with Crippen LogP contribution in [-0.2, 0) is 4.74 Å². The molecular formula is C19H24N4O2. The number of carbonyl (C=O) groups is 1. The number of rotatable bonds is 3. The molecule has 0 radical (unpaired) electrons. The van der Waals surface area contributed by atoms with Gasteiger partial charge in [-0.2, -0.15) is 0 Å². The number of morpholine rings is 1. The number of fused-ring (bicyclic) bond motifs is 2. The minimum Gasteiger partial charge on any atom is -0.375 e. The minimum absolute atomic E-state index is 0.0779. The van der Waals surface area contributed by atoms with Gasteiger partial charge >= 0.3 is 0 Å². The molecule has 1 aliphatic carbocycles. The number of aromatic nitrogens is 2. The number of aryl methyl sites for hydroxylation is 1. The Morgan fingerprint density at radius 2 is 2.24 bits per heavy atom. The van der Waals surface area contributed by atoms with Gasteiger partial charge in [-0.15, -0.1) is 0 Å². The van der Waals surface area contributed by atoms with E-state index in [9.17, 15) is 4.79 Å². The molecule has 3 fully saturated rings. The first-order chi connectivity index (χ1) is 12.2. The van der Waals surface area contributed by atoms with Crippen molar-refractivity contribution in [2.75, 3.05) is 19.7 Å². The Kier molecular flexibility index (Phi) is 3.57. The smallest absolute Gasteiger partial charge is 0.271 e. The van der Waals surface area contributed by atoms with Gasteiger partial charge in [-0.05, 0) is 49.8 Å². The zero-order valence-corrected chi connectivity index (χ0v) is 14.5. The highest BCUT2D eigenvalue weighted by Gasteiger charge is 2.42. The van der Waals surface area contributed by atoms with E-state index in [1.807, 2.05) is 29.7 Å². The molecule has 0 aromatic carbocycles. The van der Waals surface area contributed by atoms with Crippen LogP contribution in [0.1, 0.15) is 35.3 Å². The molecule has 1 amide bonds. The molecule has 5 rings (SSSR count). The van der Waals surface area contributed by atoms with Crippen molar-refractivity contribution in [2.45, 2.75) is 44.4 Å². The van der Waals surface area contributed by atoms with E-state index in [1.165, 1.54) is 12.8 Å². The SMILES string of the molecule is Cc1ccn2cc(C(=O)N[C@@H]3C[C@H]4CO[C@@H](C5CC5)CN4C3)nc2c1. The van der Waals surface area contributed by atoms with Crippen LogP contribution in [0.3, 0.4) is 0 Å². The number of ether oxygens (including phenoxy) is 1. The Labute approximate surface area is 147 Å². The number of imidazole rings is 1. The lowest BCUT2D eigenvalue weighted by molar-refractivity contribution is -0.0581. The van der Waals surface area contributed by atoms with Gasteiger partial charge in [0.05, 0.1) is 12.7 Å². The molecule has 132 valence electrons. The summed E-state index contributed by atoms with van der Waals surface area (Å²) in [6.07, 6.45) is 7.76. The molecule has 1 saturated carbocycles. The second-order valence-electron chi connectivity index (χ2n) is 7.82. The molecule has 2 aromatic heterocycles. The molecule has 2 aromatic rings. The predicted octanol–water partition coefficient (Wildman–Crippen LogP) is 1.62. The maximum absolute atomic E-state index is 12.6. The highest BCUT2D eigenvalue weighted by atomic mass is 16.5. The lowest BCUT2D eigenvalue weighted by atomic mass is 10.1. The van der Waals surface area contributed by atoms with Crippen LogP contribution in [0.4, 0.5) is 0 Å². The molecule has 6 heteroatoms. The molecule has 2 aliphatic heterocycles. The molecule has 3 atom stereocenters. The lowest BCUT2D eigenvalue weighted by Crippen LogP contribution is -2.47. The molecule has 3 aliphatic rings. The first kappa shape index (κ1) is 15.3. The van der Waals surface area contributed by atoms with Crippen molar-refractivity contribution >= 4 is 11.6 Å². The highest BCUT2D eigenvalue weighted by molar-refractivity contribution is 5.93. The quantitative estimate of drug-likeness (QED) is 0.923. The fraction of sp³-hybridized carbons (Fsp3) is 0.579. The largest absolute Gasteiger partial charge is 0.375 e. The van der Waals surface area contributed by atoms with Crippen molar-refractivity contribution in [3.8, 4) is 0 Å². The minimum atomic E-state index is -0.0779. The van der Waals surface area contributed by atoms with E-state index >= 15 is 0 Å². The summed E-state index contributed by atoms with van der Waals surface area (Å²) in [5, 5.41) is 3.17. The molecule has 0 spiro atoms. The van der Waals surface area contributed by atoms with Crippen LogP contribution in [-0.4, -0.2) is 58.1 Å². The molecule has 2 saturated heterocycles. The third kappa shape index (κ3) is 2.93. The van der Waals surface area contributed by atoms with E-state index in [-0.39, 0.29) is 11.9 Å². The average Bonchev–Trinajstić information content (AvgIpc) is 3.23. The molecular weight excluding hydrogens is 316 g/mol. The molecule has 1 N–H and O–H groups in total. The van der Waals surface area contributed by atoms with Gasteiger partial charge < -0.3 is 14.5 Å². The number of hydrogen-bond acceptors (Lipinski definition) is 4. The summed E-state index contributed by atoms with van der Waals surface area (Å²) in [7, 11) is 0. The second kappa shape index (κ2) is 5.81. The van der Waals surface area contributed by atoms with Gasteiger partial charge in [-0.25, -0.2) is 4.98 Å². The fourth-order valence-electron chi connectivity index (χ4n) is 4.21. The number of amides is 1.